The van der Waals surface area contributed by atoms with Gasteiger partial charge in [0.05, 0.1) is 15.2 Å². The summed E-state index contributed by atoms with van der Waals surface area (Å²) in [6.45, 7) is 2.62. The fraction of sp³-hybridized carbons (Fsp3) is 0.423. The summed E-state index contributed by atoms with van der Waals surface area (Å²) in [6.07, 6.45) is 5.75. The normalized spacial score (nSPS) is 14.1. The van der Waals surface area contributed by atoms with Gasteiger partial charge in [0.15, 0.2) is 0 Å². The van der Waals surface area contributed by atoms with Gasteiger partial charge in [-0.1, -0.05) is 42.5 Å². The number of rotatable bonds is 9. The molecular formula is C26H31N3O2S. The molecule has 2 heterocycles. The number of unbranched alkanes of at least 4 members (excludes halogenated alkanes) is 1. The molecule has 0 atom stereocenters. The molecule has 4 rings (SSSR count). The average molecular weight is 450 g/mol. The van der Waals surface area contributed by atoms with Crippen LogP contribution in [0.15, 0.2) is 54.6 Å². The van der Waals surface area contributed by atoms with Crippen LogP contribution in [0.25, 0.3) is 10.2 Å². The molecule has 1 aromatic heterocycles. The van der Waals surface area contributed by atoms with E-state index < -0.39 is 0 Å². The molecule has 6 heteroatoms. The topological polar surface area (TPSA) is 53.5 Å². The van der Waals surface area contributed by atoms with E-state index in [-0.39, 0.29) is 11.8 Å². The largest absolute Gasteiger partial charge is 0.339 e. The molecule has 2 amide bonds. The summed E-state index contributed by atoms with van der Waals surface area (Å²) in [7, 11) is 0. The first-order valence-electron chi connectivity index (χ1n) is 11.6. The second-order valence-corrected chi connectivity index (χ2v) is 9.50. The van der Waals surface area contributed by atoms with Crippen molar-refractivity contribution in [3.05, 3.63) is 65.2 Å². The summed E-state index contributed by atoms with van der Waals surface area (Å²) in [5.74, 6) is 0.425. The lowest BCUT2D eigenvalue weighted by molar-refractivity contribution is -0.139. The average Bonchev–Trinajstić information content (AvgIpc) is 3.25. The van der Waals surface area contributed by atoms with Crippen LogP contribution < -0.4 is 0 Å². The second kappa shape index (κ2) is 11.2. The van der Waals surface area contributed by atoms with Crippen LogP contribution in [0.2, 0.25) is 0 Å². The van der Waals surface area contributed by atoms with Gasteiger partial charge in [-0.25, -0.2) is 4.98 Å². The zero-order valence-corrected chi connectivity index (χ0v) is 19.4. The Labute approximate surface area is 194 Å². The molecule has 0 spiro atoms. The van der Waals surface area contributed by atoms with Crippen LogP contribution in [0, 0.1) is 0 Å². The molecule has 168 valence electrons. The summed E-state index contributed by atoms with van der Waals surface area (Å²) in [6, 6.07) is 18.5. The molecule has 0 aliphatic carbocycles. The number of nitrogens with zero attached hydrogens (tertiary/aromatic N) is 3. The van der Waals surface area contributed by atoms with Crippen LogP contribution in [-0.2, 0) is 22.4 Å². The molecule has 0 N–H and O–H groups in total. The molecule has 0 unspecified atom stereocenters. The van der Waals surface area contributed by atoms with Crippen molar-refractivity contribution in [2.45, 2.75) is 44.9 Å². The Morgan fingerprint density at radius 3 is 2.06 bits per heavy atom. The second-order valence-electron chi connectivity index (χ2n) is 8.38. The lowest BCUT2D eigenvalue weighted by atomic mass is 10.1. The third kappa shape index (κ3) is 6.16. The highest BCUT2D eigenvalue weighted by atomic mass is 32.1. The zero-order chi connectivity index (χ0) is 22.2. The monoisotopic (exact) mass is 449 g/mol. The Kier molecular flexibility index (Phi) is 7.88. The Balaban J connectivity index is 1.11. The third-order valence-electron chi connectivity index (χ3n) is 6.05. The highest BCUT2D eigenvalue weighted by molar-refractivity contribution is 7.18. The molecule has 1 aliphatic rings. The quantitative estimate of drug-likeness (QED) is 0.445. The number of para-hydroxylation sites is 1. The van der Waals surface area contributed by atoms with Gasteiger partial charge in [0.1, 0.15) is 0 Å². The third-order valence-corrected chi connectivity index (χ3v) is 7.15. The Hall–Kier alpha value is -2.73. The number of benzene rings is 2. The van der Waals surface area contributed by atoms with Crippen LogP contribution >= 0.6 is 11.3 Å². The van der Waals surface area contributed by atoms with E-state index in [0.29, 0.717) is 39.0 Å². The SMILES string of the molecule is O=C(CCCCc1nc2ccccc2s1)N1CCN(C(=O)CCCc2ccccc2)CC1. The van der Waals surface area contributed by atoms with Gasteiger partial charge in [-0.3, -0.25) is 9.59 Å². The standard InChI is InChI=1S/C26H31N3O2S/c30-25(15-7-6-14-24-27-22-12-4-5-13-23(22)32-24)28-17-19-29(20-18-28)26(31)16-8-11-21-9-2-1-3-10-21/h1-5,9-10,12-13H,6-8,11,14-20H2. The van der Waals surface area contributed by atoms with Crippen LogP contribution in [-0.4, -0.2) is 52.8 Å². The minimum absolute atomic E-state index is 0.212. The van der Waals surface area contributed by atoms with E-state index in [1.165, 1.54) is 10.3 Å². The Bertz CT molecular complexity index is 993. The molecule has 0 radical (unpaired) electrons. The summed E-state index contributed by atoms with van der Waals surface area (Å²) >= 11 is 1.75. The number of aryl methyl sites for hydroxylation is 2. The maximum atomic E-state index is 12.6. The van der Waals surface area contributed by atoms with E-state index in [1.54, 1.807) is 11.3 Å². The number of thiazole rings is 1. The summed E-state index contributed by atoms with van der Waals surface area (Å²) < 4.78 is 1.23. The fourth-order valence-corrected chi connectivity index (χ4v) is 5.20. The summed E-state index contributed by atoms with van der Waals surface area (Å²) in [5, 5.41) is 1.15. The first-order valence-corrected chi connectivity index (χ1v) is 12.4. The molecule has 1 saturated heterocycles. The molecular weight excluding hydrogens is 418 g/mol. The number of carbonyl (C=O) groups excluding carboxylic acids is 2. The van der Waals surface area contributed by atoms with E-state index in [4.69, 9.17) is 0 Å². The number of fused-ring (bicyclic) bond motifs is 1. The van der Waals surface area contributed by atoms with Crippen molar-refractivity contribution < 1.29 is 9.59 Å². The predicted molar refractivity (Wildman–Crippen MR) is 130 cm³/mol. The van der Waals surface area contributed by atoms with E-state index in [0.717, 1.165) is 42.6 Å². The highest BCUT2D eigenvalue weighted by Gasteiger charge is 2.23. The van der Waals surface area contributed by atoms with Crippen molar-refractivity contribution in [2.24, 2.45) is 0 Å². The lowest BCUT2D eigenvalue weighted by Crippen LogP contribution is -2.50. The number of hydrogen-bond donors (Lipinski definition) is 0. The highest BCUT2D eigenvalue weighted by Crippen LogP contribution is 2.23. The van der Waals surface area contributed by atoms with Gasteiger partial charge in [0.25, 0.3) is 0 Å². The van der Waals surface area contributed by atoms with Crippen molar-refractivity contribution in [3.8, 4) is 0 Å². The van der Waals surface area contributed by atoms with E-state index in [2.05, 4.69) is 23.2 Å². The van der Waals surface area contributed by atoms with Gasteiger partial charge < -0.3 is 9.80 Å². The Morgan fingerprint density at radius 2 is 1.38 bits per heavy atom. The molecule has 1 fully saturated rings. The van der Waals surface area contributed by atoms with Crippen LogP contribution in [0.1, 0.15) is 42.7 Å². The van der Waals surface area contributed by atoms with Gasteiger partial charge in [0.2, 0.25) is 11.8 Å². The van der Waals surface area contributed by atoms with Crippen LogP contribution in [0.5, 0.6) is 0 Å². The molecule has 0 saturated carbocycles. The van der Waals surface area contributed by atoms with Crippen molar-refractivity contribution in [1.82, 2.24) is 14.8 Å². The zero-order valence-electron chi connectivity index (χ0n) is 18.5. The van der Waals surface area contributed by atoms with Gasteiger partial charge in [-0.05, 0) is 49.8 Å². The van der Waals surface area contributed by atoms with Crippen LogP contribution in [0.4, 0.5) is 0 Å². The van der Waals surface area contributed by atoms with Crippen molar-refractivity contribution in [1.29, 1.82) is 0 Å². The summed E-state index contributed by atoms with van der Waals surface area (Å²) in [4.78, 5) is 33.6. The minimum Gasteiger partial charge on any atom is -0.339 e. The van der Waals surface area contributed by atoms with Crippen molar-refractivity contribution >= 4 is 33.4 Å². The first kappa shape index (κ1) is 22.5. The van der Waals surface area contributed by atoms with Gasteiger partial charge in [-0.15, -0.1) is 11.3 Å². The molecule has 2 aromatic carbocycles. The van der Waals surface area contributed by atoms with Gasteiger partial charge >= 0.3 is 0 Å². The maximum absolute atomic E-state index is 12.6. The van der Waals surface area contributed by atoms with Crippen molar-refractivity contribution in [2.75, 3.05) is 26.2 Å². The number of piperazine rings is 1. The van der Waals surface area contributed by atoms with Gasteiger partial charge in [0, 0.05) is 39.0 Å². The smallest absolute Gasteiger partial charge is 0.222 e. The molecule has 3 aromatic rings. The number of amides is 2. The summed E-state index contributed by atoms with van der Waals surface area (Å²) in [5.41, 5.74) is 2.34. The van der Waals surface area contributed by atoms with E-state index >= 15 is 0 Å². The van der Waals surface area contributed by atoms with Crippen molar-refractivity contribution in [3.63, 3.8) is 0 Å². The number of carbonyl (C=O) groups is 2. The van der Waals surface area contributed by atoms with E-state index in [9.17, 15) is 9.59 Å². The van der Waals surface area contributed by atoms with Crippen LogP contribution in [0.3, 0.4) is 0 Å². The minimum atomic E-state index is 0.212. The molecule has 5 nitrogen and oxygen atoms in total. The maximum Gasteiger partial charge on any atom is 0.222 e. The van der Waals surface area contributed by atoms with E-state index in [1.807, 2.05) is 46.2 Å². The number of aromatic nitrogens is 1. The first-order chi connectivity index (χ1) is 15.7. The van der Waals surface area contributed by atoms with Gasteiger partial charge in [-0.2, -0.15) is 0 Å². The molecule has 32 heavy (non-hydrogen) atoms. The Morgan fingerprint density at radius 1 is 0.750 bits per heavy atom. The lowest BCUT2D eigenvalue weighted by Gasteiger charge is -2.35. The molecule has 1 aliphatic heterocycles. The number of hydrogen-bond acceptors (Lipinski definition) is 4. The fourth-order valence-electron chi connectivity index (χ4n) is 4.19. The predicted octanol–water partition coefficient (Wildman–Crippen LogP) is 4.70. The molecule has 0 bridgehead atoms.